The van der Waals surface area contributed by atoms with Crippen molar-refractivity contribution in [2.75, 3.05) is 0 Å². The number of alkyl halides is 1. The Bertz CT molecular complexity index is 122. The standard InChI is InChI=1S/C11H21Cl/c1-3-4-5-6-10-7-8-11(12)9(10)2/h9-11H,3-8H2,1-2H3. The third-order valence-electron chi connectivity index (χ3n) is 3.31. The van der Waals surface area contributed by atoms with Gasteiger partial charge in [0.15, 0.2) is 0 Å². The van der Waals surface area contributed by atoms with Crippen LogP contribution in [0.15, 0.2) is 0 Å². The monoisotopic (exact) mass is 188 g/mol. The average Bonchev–Trinajstić information content (AvgIpc) is 2.36. The molecule has 0 aromatic rings. The first-order chi connectivity index (χ1) is 5.75. The van der Waals surface area contributed by atoms with Crippen LogP contribution in [0, 0.1) is 11.8 Å². The Balaban J connectivity index is 2.16. The summed E-state index contributed by atoms with van der Waals surface area (Å²) in [5, 5.41) is 0.469. The first kappa shape index (κ1) is 10.4. The molecule has 0 aromatic heterocycles. The molecule has 0 nitrogen and oxygen atoms in total. The van der Waals surface area contributed by atoms with Crippen LogP contribution in [0.3, 0.4) is 0 Å². The van der Waals surface area contributed by atoms with Crippen molar-refractivity contribution in [3.8, 4) is 0 Å². The minimum atomic E-state index is 0.469. The minimum Gasteiger partial charge on any atom is -0.123 e. The molecule has 0 bridgehead atoms. The van der Waals surface area contributed by atoms with Crippen molar-refractivity contribution in [2.45, 2.75) is 57.7 Å². The Morgan fingerprint density at radius 2 is 2.00 bits per heavy atom. The lowest BCUT2D eigenvalue weighted by Crippen LogP contribution is -2.10. The fraction of sp³-hybridized carbons (Fsp3) is 1.00. The van der Waals surface area contributed by atoms with E-state index in [0.717, 1.165) is 11.8 Å². The molecule has 1 heteroatoms. The second kappa shape index (κ2) is 5.11. The molecule has 0 saturated heterocycles. The number of hydrogen-bond acceptors (Lipinski definition) is 0. The summed E-state index contributed by atoms with van der Waals surface area (Å²) in [5.74, 6) is 1.70. The van der Waals surface area contributed by atoms with Gasteiger partial charge in [0.05, 0.1) is 0 Å². The maximum absolute atomic E-state index is 6.17. The van der Waals surface area contributed by atoms with Gasteiger partial charge in [-0.25, -0.2) is 0 Å². The van der Waals surface area contributed by atoms with Crippen LogP contribution in [0.5, 0.6) is 0 Å². The highest BCUT2D eigenvalue weighted by molar-refractivity contribution is 6.20. The molecule has 12 heavy (non-hydrogen) atoms. The van der Waals surface area contributed by atoms with Crippen molar-refractivity contribution in [3.63, 3.8) is 0 Å². The summed E-state index contributed by atoms with van der Waals surface area (Å²) in [6.45, 7) is 4.59. The van der Waals surface area contributed by atoms with E-state index in [0.29, 0.717) is 5.38 Å². The lowest BCUT2D eigenvalue weighted by atomic mass is 9.92. The van der Waals surface area contributed by atoms with Crippen LogP contribution in [0.2, 0.25) is 0 Å². The fourth-order valence-electron chi connectivity index (χ4n) is 2.26. The van der Waals surface area contributed by atoms with Gasteiger partial charge in [-0.3, -0.25) is 0 Å². The molecule has 0 radical (unpaired) electrons. The largest absolute Gasteiger partial charge is 0.123 e. The van der Waals surface area contributed by atoms with Gasteiger partial charge >= 0.3 is 0 Å². The first-order valence-corrected chi connectivity index (χ1v) is 5.83. The van der Waals surface area contributed by atoms with Crippen LogP contribution < -0.4 is 0 Å². The van der Waals surface area contributed by atoms with Gasteiger partial charge in [-0.1, -0.05) is 39.5 Å². The van der Waals surface area contributed by atoms with Crippen molar-refractivity contribution in [1.29, 1.82) is 0 Å². The lowest BCUT2D eigenvalue weighted by molar-refractivity contribution is 0.378. The molecule has 0 aromatic carbocycles. The number of unbranched alkanes of at least 4 members (excludes halogenated alkanes) is 2. The van der Waals surface area contributed by atoms with Gasteiger partial charge in [0.1, 0.15) is 0 Å². The maximum atomic E-state index is 6.17. The van der Waals surface area contributed by atoms with Gasteiger partial charge in [0, 0.05) is 5.38 Å². The van der Waals surface area contributed by atoms with E-state index < -0.39 is 0 Å². The molecule has 1 aliphatic rings. The molecule has 3 unspecified atom stereocenters. The third-order valence-corrected chi connectivity index (χ3v) is 3.92. The second-order valence-electron chi connectivity index (χ2n) is 4.21. The zero-order chi connectivity index (χ0) is 8.97. The summed E-state index contributed by atoms with van der Waals surface area (Å²) in [5.41, 5.74) is 0. The Morgan fingerprint density at radius 3 is 2.50 bits per heavy atom. The summed E-state index contributed by atoms with van der Waals surface area (Å²) in [7, 11) is 0. The molecule has 0 N–H and O–H groups in total. The van der Waals surface area contributed by atoms with E-state index in [2.05, 4.69) is 13.8 Å². The van der Waals surface area contributed by atoms with Gasteiger partial charge in [-0.2, -0.15) is 0 Å². The Morgan fingerprint density at radius 1 is 1.25 bits per heavy atom. The second-order valence-corrected chi connectivity index (χ2v) is 4.77. The van der Waals surface area contributed by atoms with Gasteiger partial charge in [0.25, 0.3) is 0 Å². The van der Waals surface area contributed by atoms with Crippen LogP contribution in [-0.4, -0.2) is 5.38 Å². The number of rotatable bonds is 4. The highest BCUT2D eigenvalue weighted by Gasteiger charge is 2.30. The Kier molecular flexibility index (Phi) is 4.42. The third kappa shape index (κ3) is 2.65. The summed E-state index contributed by atoms with van der Waals surface area (Å²) >= 11 is 6.17. The normalized spacial score (nSPS) is 35.8. The number of halogens is 1. The highest BCUT2D eigenvalue weighted by Crippen LogP contribution is 2.38. The molecular formula is C11H21Cl. The van der Waals surface area contributed by atoms with Crippen LogP contribution in [0.4, 0.5) is 0 Å². The van der Waals surface area contributed by atoms with Crippen LogP contribution >= 0.6 is 11.6 Å². The summed E-state index contributed by atoms with van der Waals surface area (Å²) in [4.78, 5) is 0. The van der Waals surface area contributed by atoms with Crippen molar-refractivity contribution in [2.24, 2.45) is 11.8 Å². The van der Waals surface area contributed by atoms with Gasteiger partial charge < -0.3 is 0 Å². The minimum absolute atomic E-state index is 0.469. The van der Waals surface area contributed by atoms with Crippen molar-refractivity contribution < 1.29 is 0 Å². The maximum Gasteiger partial charge on any atom is 0.0364 e. The van der Waals surface area contributed by atoms with E-state index in [-0.39, 0.29) is 0 Å². The van der Waals surface area contributed by atoms with E-state index in [1.54, 1.807) is 0 Å². The van der Waals surface area contributed by atoms with E-state index in [4.69, 9.17) is 11.6 Å². The smallest absolute Gasteiger partial charge is 0.0364 e. The van der Waals surface area contributed by atoms with E-state index >= 15 is 0 Å². The average molecular weight is 189 g/mol. The molecule has 1 saturated carbocycles. The topological polar surface area (TPSA) is 0 Å². The lowest BCUT2D eigenvalue weighted by Gasteiger charge is -2.16. The molecule has 1 aliphatic carbocycles. The first-order valence-electron chi connectivity index (χ1n) is 5.39. The van der Waals surface area contributed by atoms with Crippen LogP contribution in [0.1, 0.15) is 52.4 Å². The van der Waals surface area contributed by atoms with Crippen molar-refractivity contribution in [1.82, 2.24) is 0 Å². The summed E-state index contributed by atoms with van der Waals surface area (Å²) in [6.07, 6.45) is 8.19. The van der Waals surface area contributed by atoms with Gasteiger partial charge in [0.2, 0.25) is 0 Å². The molecular weight excluding hydrogens is 168 g/mol. The van der Waals surface area contributed by atoms with Crippen molar-refractivity contribution in [3.05, 3.63) is 0 Å². The molecule has 72 valence electrons. The predicted molar refractivity (Wildman–Crippen MR) is 55.7 cm³/mol. The van der Waals surface area contributed by atoms with Crippen molar-refractivity contribution >= 4 is 11.6 Å². The van der Waals surface area contributed by atoms with E-state index in [9.17, 15) is 0 Å². The zero-order valence-corrected chi connectivity index (χ0v) is 9.11. The quantitative estimate of drug-likeness (QED) is 0.458. The molecule has 0 spiro atoms. The molecule has 0 heterocycles. The van der Waals surface area contributed by atoms with Gasteiger partial charge in [-0.05, 0) is 24.7 Å². The van der Waals surface area contributed by atoms with Gasteiger partial charge in [-0.15, -0.1) is 11.6 Å². The predicted octanol–water partition coefficient (Wildman–Crippen LogP) is 4.22. The van der Waals surface area contributed by atoms with Crippen LogP contribution in [0.25, 0.3) is 0 Å². The fourth-order valence-corrected chi connectivity index (χ4v) is 2.59. The Labute approximate surface area is 81.7 Å². The summed E-state index contributed by atoms with van der Waals surface area (Å²) in [6, 6.07) is 0. The molecule has 1 fully saturated rings. The molecule has 1 rings (SSSR count). The SMILES string of the molecule is CCCCCC1CCC(Cl)C1C. The van der Waals surface area contributed by atoms with E-state index in [1.165, 1.54) is 38.5 Å². The molecule has 0 aliphatic heterocycles. The van der Waals surface area contributed by atoms with E-state index in [1.807, 2.05) is 0 Å². The molecule has 0 amide bonds. The zero-order valence-electron chi connectivity index (χ0n) is 8.35. The highest BCUT2D eigenvalue weighted by atomic mass is 35.5. The van der Waals surface area contributed by atoms with Crippen LogP contribution in [-0.2, 0) is 0 Å². The number of hydrogen-bond donors (Lipinski definition) is 0. The summed E-state index contributed by atoms with van der Waals surface area (Å²) < 4.78 is 0. The Hall–Kier alpha value is 0.290. The molecule has 3 atom stereocenters.